The van der Waals surface area contributed by atoms with Gasteiger partial charge in [0.25, 0.3) is 0 Å². The van der Waals surface area contributed by atoms with E-state index < -0.39 is 0 Å². The Bertz CT molecular complexity index is 304. The zero-order valence-corrected chi connectivity index (χ0v) is 5.74. The van der Waals surface area contributed by atoms with E-state index in [9.17, 15) is 4.39 Å². The number of hydrogen-bond donors (Lipinski definition) is 0. The lowest BCUT2D eigenvalue weighted by Gasteiger charge is -1.94. The Morgan fingerprint density at radius 3 is 2.91 bits per heavy atom. The summed E-state index contributed by atoms with van der Waals surface area (Å²) >= 11 is 0. The predicted molar refractivity (Wildman–Crippen MR) is 47.7 cm³/mol. The van der Waals surface area contributed by atoms with Crippen LogP contribution in [0.15, 0.2) is 29.4 Å². The van der Waals surface area contributed by atoms with Crippen molar-refractivity contribution >= 4 is 0 Å². The van der Waals surface area contributed by atoms with Crippen LogP contribution in [0, 0.1) is 5.82 Å². The Morgan fingerprint density at radius 1 is 1.55 bits per heavy atom. The highest BCUT2D eigenvalue weighted by molar-refractivity contribution is 5.16. The van der Waals surface area contributed by atoms with E-state index in [1.165, 1.54) is 6.07 Å². The van der Waals surface area contributed by atoms with Gasteiger partial charge in [-0.1, -0.05) is 23.3 Å². The Morgan fingerprint density at radius 2 is 2.27 bits per heavy atom. The second kappa shape index (κ2) is 3.58. The van der Waals surface area contributed by atoms with Crippen molar-refractivity contribution < 1.29 is 10.1 Å². The molecular weight excluding hydrogens is 145 g/mol. The zero-order chi connectivity index (χ0) is 8.10. The van der Waals surface area contributed by atoms with E-state index in [1.54, 1.807) is 18.2 Å². The van der Waals surface area contributed by atoms with Gasteiger partial charge in [-0.25, -0.2) is 4.39 Å². The van der Waals surface area contributed by atoms with Gasteiger partial charge in [-0.2, -0.15) is 0 Å². The molecule has 0 aliphatic rings. The van der Waals surface area contributed by atoms with E-state index in [1.807, 2.05) is 0 Å². The molecule has 0 N–H and O–H groups in total. The second-order valence-electron chi connectivity index (χ2n) is 1.98. The third-order valence-corrected chi connectivity index (χ3v) is 1.26. The third-order valence-electron chi connectivity index (χ3n) is 1.26. The number of rotatable bonds is 2. The fraction of sp³-hybridized carbons (Fsp3) is 0.143. The van der Waals surface area contributed by atoms with E-state index in [0.29, 0.717) is 5.56 Å². The first kappa shape index (κ1) is 7.57. The van der Waals surface area contributed by atoms with Gasteiger partial charge in [0.2, 0.25) is 0 Å². The Balaban J connectivity index is -0.000000151. The molecule has 0 saturated heterocycles. The van der Waals surface area contributed by atoms with E-state index in [-0.39, 0.29) is 18.1 Å². The quantitative estimate of drug-likeness (QED) is 0.359. The molecule has 3 nitrogen and oxygen atoms in total. The average molecular weight is 159 g/mol. The summed E-state index contributed by atoms with van der Waals surface area (Å²) in [6.45, 7) is 0.0726. The van der Waals surface area contributed by atoms with Crippen LogP contribution in [0.1, 0.15) is 11.3 Å². The van der Waals surface area contributed by atoms with E-state index in [4.69, 9.17) is 5.53 Å². The van der Waals surface area contributed by atoms with Crippen molar-refractivity contribution in [3.63, 3.8) is 0 Å². The second-order valence-corrected chi connectivity index (χ2v) is 1.98. The zero-order valence-electron chi connectivity index (χ0n) is 5.74. The van der Waals surface area contributed by atoms with Crippen LogP contribution in [0.3, 0.4) is 0 Å². The lowest BCUT2D eigenvalue weighted by Crippen LogP contribution is -1.84. The van der Waals surface area contributed by atoms with Gasteiger partial charge in [0.05, 0.1) is 6.54 Å². The van der Waals surface area contributed by atoms with Crippen molar-refractivity contribution in [3.8, 4) is 0 Å². The average Bonchev–Trinajstić information content (AvgIpc) is 2.03. The molecule has 0 radical (unpaired) electrons. The largest absolute Gasteiger partial charge is 0.207 e. The molecule has 0 aliphatic heterocycles. The van der Waals surface area contributed by atoms with E-state index in [0.717, 1.165) is 0 Å². The summed E-state index contributed by atoms with van der Waals surface area (Å²) in [6, 6.07) is 6.21. The number of nitrogens with zero attached hydrogens (tertiary/aromatic N) is 3. The van der Waals surface area contributed by atoms with Gasteiger partial charge < -0.3 is 0 Å². The summed E-state index contributed by atoms with van der Waals surface area (Å²) in [5.74, 6) is -0.333. The van der Waals surface area contributed by atoms with Gasteiger partial charge in [0, 0.05) is 10.6 Å². The molecule has 64 valence electrons. The maximum absolute atomic E-state index is 12.7. The van der Waals surface area contributed by atoms with Crippen molar-refractivity contribution in [1.29, 1.82) is 0 Å². The van der Waals surface area contributed by atoms with Gasteiger partial charge >= 0.3 is 0 Å². The van der Waals surface area contributed by atoms with Gasteiger partial charge in [-0.3, -0.25) is 0 Å². The van der Waals surface area contributed by atoms with Crippen LogP contribution in [0.2, 0.25) is 0 Å². The molecule has 0 bridgehead atoms. The van der Waals surface area contributed by atoms with E-state index >= 15 is 0 Å². The van der Waals surface area contributed by atoms with Gasteiger partial charge in [0.1, 0.15) is 5.82 Å². The topological polar surface area (TPSA) is 48.8 Å². The maximum atomic E-state index is 12.7. The molecule has 0 atom stereocenters. The number of halogens is 1. The van der Waals surface area contributed by atoms with Crippen LogP contribution in [0.5, 0.6) is 0 Å². The summed E-state index contributed by atoms with van der Waals surface area (Å²) in [4.78, 5) is 2.53. The Hall–Kier alpha value is -1.54. The minimum absolute atomic E-state index is 0. The predicted octanol–water partition coefficient (Wildman–Crippen LogP) is 3.62. The lowest BCUT2D eigenvalue weighted by atomic mass is 10.2. The normalized spacial score (nSPS) is 8.82. The molecule has 1 aromatic rings. The van der Waals surface area contributed by atoms with Crippen LogP contribution in [-0.4, -0.2) is 0 Å². The molecule has 0 unspecified atom stereocenters. The summed E-state index contributed by atoms with van der Waals surface area (Å²) in [7, 11) is 0. The molecule has 0 saturated carbocycles. The molecule has 1 aromatic carbocycles. The first-order chi connectivity index (χ1) is 5.34. The summed E-state index contributed by atoms with van der Waals surface area (Å²) in [6.07, 6.45) is 0. The summed E-state index contributed by atoms with van der Waals surface area (Å²) < 4.78 is 12.7. The Kier molecular flexibility index (Phi) is 2.47. The van der Waals surface area contributed by atoms with Crippen molar-refractivity contribution in [2.75, 3.05) is 0 Å². The van der Waals surface area contributed by atoms with Crippen LogP contribution >= 0.6 is 0 Å². The minimum atomic E-state index is -0.333. The number of azide groups is 1. The molecule has 1 rings (SSSR count). The van der Waals surface area contributed by atoms with Crippen LogP contribution in [0.25, 0.3) is 10.4 Å². The first-order valence-corrected chi connectivity index (χ1v) is 3.09. The van der Waals surface area contributed by atoms with Gasteiger partial charge in [-0.05, 0) is 17.2 Å². The summed E-state index contributed by atoms with van der Waals surface area (Å²) in [5.41, 5.74) is 8.38. The smallest absolute Gasteiger partial charge is 0.126 e. The molecule has 11 heavy (non-hydrogen) atoms. The van der Waals surface area contributed by atoms with Crippen molar-refractivity contribution in [1.82, 2.24) is 0 Å². The highest BCUT2D eigenvalue weighted by Crippen LogP contribution is 2.06. The monoisotopic (exact) mass is 159 g/mol. The molecule has 0 heterocycles. The standard InChI is InChI=1S/C7H6FN3.4H2/c8-7-4-2-1-3-6(7)5-10-11-9;;;;/h1-4H,5H2;4*1H. The first-order valence-electron chi connectivity index (χ1n) is 3.09. The van der Waals surface area contributed by atoms with Crippen LogP contribution in [-0.2, 0) is 6.54 Å². The molecule has 4 heteroatoms. The van der Waals surface area contributed by atoms with E-state index in [2.05, 4.69) is 10.0 Å². The highest BCUT2D eigenvalue weighted by atomic mass is 19.1. The number of benzene rings is 1. The highest BCUT2D eigenvalue weighted by Gasteiger charge is 1.96. The molecule has 0 fully saturated rings. The summed E-state index contributed by atoms with van der Waals surface area (Å²) in [5, 5.41) is 3.24. The van der Waals surface area contributed by atoms with Gasteiger partial charge in [0.15, 0.2) is 0 Å². The Labute approximate surface area is 69.0 Å². The minimum Gasteiger partial charge on any atom is -0.207 e. The van der Waals surface area contributed by atoms with Crippen molar-refractivity contribution in [2.24, 2.45) is 5.11 Å². The van der Waals surface area contributed by atoms with Crippen LogP contribution < -0.4 is 0 Å². The number of hydrogen-bond acceptors (Lipinski definition) is 1. The fourth-order valence-electron chi connectivity index (χ4n) is 0.734. The molecule has 0 aliphatic carbocycles. The molecule has 0 spiro atoms. The molecular formula is C7H14FN3. The van der Waals surface area contributed by atoms with Crippen molar-refractivity contribution in [2.45, 2.75) is 6.54 Å². The lowest BCUT2D eigenvalue weighted by molar-refractivity contribution is 0.610. The van der Waals surface area contributed by atoms with Gasteiger partial charge in [-0.15, -0.1) is 0 Å². The van der Waals surface area contributed by atoms with Crippen LogP contribution in [0.4, 0.5) is 4.39 Å². The molecule has 0 amide bonds. The molecule has 0 aromatic heterocycles. The third kappa shape index (κ3) is 1.95. The maximum Gasteiger partial charge on any atom is 0.126 e. The SMILES string of the molecule is [HH].[HH].[HH].[HH].[N-]=[N+]=NCc1ccccc1F. The fourth-order valence-corrected chi connectivity index (χ4v) is 0.734. The van der Waals surface area contributed by atoms with Crippen molar-refractivity contribution in [3.05, 3.63) is 46.1 Å².